The summed E-state index contributed by atoms with van der Waals surface area (Å²) in [4.78, 5) is 38.6. The van der Waals surface area contributed by atoms with Crippen molar-refractivity contribution in [2.75, 3.05) is 13.2 Å². The van der Waals surface area contributed by atoms with Crippen LogP contribution in [0.25, 0.3) is 11.1 Å². The van der Waals surface area contributed by atoms with Gasteiger partial charge < -0.3 is 20.1 Å². The maximum atomic E-state index is 13.2. The number of carbonyl (C=O) groups excluding carboxylic acids is 2. The number of hydrogen-bond donors (Lipinski definition) is 2. The first kappa shape index (κ1) is 22.8. The molecule has 2 N–H and O–H groups in total. The predicted octanol–water partition coefficient (Wildman–Crippen LogP) is 4.02. The number of benzene rings is 2. The van der Waals surface area contributed by atoms with Crippen molar-refractivity contribution in [3.05, 3.63) is 59.7 Å². The van der Waals surface area contributed by atoms with E-state index in [1.165, 1.54) is 4.90 Å². The molecule has 1 saturated carbocycles. The van der Waals surface area contributed by atoms with Crippen molar-refractivity contribution >= 4 is 18.0 Å². The van der Waals surface area contributed by atoms with E-state index >= 15 is 0 Å². The van der Waals surface area contributed by atoms with Gasteiger partial charge in [0.05, 0.1) is 0 Å². The first-order valence-corrected chi connectivity index (χ1v) is 11.5. The third-order valence-corrected chi connectivity index (χ3v) is 6.67. The SMILES string of the molecule is CCC(C)[C@H](NC(=O)OCC1c2ccccc2-c2ccccc21)C(=O)N(CC(=O)O)C1CC1. The first-order chi connectivity index (χ1) is 15.9. The van der Waals surface area contributed by atoms with Crippen molar-refractivity contribution < 1.29 is 24.2 Å². The summed E-state index contributed by atoms with van der Waals surface area (Å²) in [6, 6.07) is 15.3. The zero-order chi connectivity index (χ0) is 23.5. The Balaban J connectivity index is 1.45. The summed E-state index contributed by atoms with van der Waals surface area (Å²) in [5, 5.41) is 12.0. The van der Waals surface area contributed by atoms with E-state index in [0.717, 1.165) is 35.1 Å². The lowest BCUT2D eigenvalue weighted by molar-refractivity contribution is -0.146. The first-order valence-electron chi connectivity index (χ1n) is 11.5. The Morgan fingerprint density at radius 1 is 1.06 bits per heavy atom. The molecule has 0 bridgehead atoms. The summed E-state index contributed by atoms with van der Waals surface area (Å²) in [7, 11) is 0. The van der Waals surface area contributed by atoms with Crippen molar-refractivity contribution in [1.29, 1.82) is 0 Å². The summed E-state index contributed by atoms with van der Waals surface area (Å²) in [6.07, 6.45) is 1.57. The van der Waals surface area contributed by atoms with Crippen LogP contribution in [0.4, 0.5) is 4.79 Å². The number of aliphatic carboxylic acids is 1. The maximum Gasteiger partial charge on any atom is 0.407 e. The number of fused-ring (bicyclic) bond motifs is 3. The standard InChI is InChI=1S/C26H30N2O5/c1-3-16(2)24(25(31)28(14-23(29)30)17-12-13-17)27-26(32)33-15-22-20-10-6-4-8-18(20)19-9-5-7-11-21(19)22/h4-11,16-17,22,24H,3,12-15H2,1-2H3,(H,27,32)(H,29,30)/t16?,24-/m0/s1. The van der Waals surface area contributed by atoms with E-state index in [2.05, 4.69) is 17.4 Å². The van der Waals surface area contributed by atoms with Crippen LogP contribution in [0.15, 0.2) is 48.5 Å². The molecule has 0 aromatic heterocycles. The predicted molar refractivity (Wildman–Crippen MR) is 124 cm³/mol. The van der Waals surface area contributed by atoms with Gasteiger partial charge in [0.15, 0.2) is 0 Å². The summed E-state index contributed by atoms with van der Waals surface area (Å²) in [5.41, 5.74) is 4.51. The molecule has 2 aromatic rings. The molecular weight excluding hydrogens is 420 g/mol. The fourth-order valence-corrected chi connectivity index (χ4v) is 4.55. The van der Waals surface area contributed by atoms with Crippen LogP contribution in [0.1, 0.15) is 50.2 Å². The number of carboxylic acids is 1. The highest BCUT2D eigenvalue weighted by Crippen LogP contribution is 2.44. The van der Waals surface area contributed by atoms with Crippen LogP contribution in [-0.4, -0.2) is 53.2 Å². The second-order valence-electron chi connectivity index (χ2n) is 8.92. The molecule has 33 heavy (non-hydrogen) atoms. The molecule has 174 valence electrons. The van der Waals surface area contributed by atoms with Gasteiger partial charge in [-0.25, -0.2) is 4.79 Å². The molecule has 0 saturated heterocycles. The van der Waals surface area contributed by atoms with E-state index in [1.807, 2.05) is 50.2 Å². The zero-order valence-electron chi connectivity index (χ0n) is 19.0. The van der Waals surface area contributed by atoms with Crippen LogP contribution in [0.3, 0.4) is 0 Å². The van der Waals surface area contributed by atoms with E-state index in [-0.39, 0.29) is 36.9 Å². The van der Waals surface area contributed by atoms with Crippen LogP contribution < -0.4 is 5.32 Å². The number of nitrogens with zero attached hydrogens (tertiary/aromatic N) is 1. The third kappa shape index (κ3) is 4.87. The van der Waals surface area contributed by atoms with Crippen molar-refractivity contribution in [2.45, 2.75) is 51.1 Å². The normalized spacial score (nSPS) is 16.3. The van der Waals surface area contributed by atoms with E-state index in [9.17, 15) is 19.5 Å². The molecule has 2 aromatic carbocycles. The van der Waals surface area contributed by atoms with Gasteiger partial charge in [0.25, 0.3) is 0 Å². The minimum atomic E-state index is -1.06. The Labute approximate surface area is 193 Å². The average molecular weight is 451 g/mol. The fraction of sp³-hybridized carbons (Fsp3) is 0.423. The van der Waals surface area contributed by atoms with Crippen LogP contribution >= 0.6 is 0 Å². The van der Waals surface area contributed by atoms with Gasteiger partial charge in [0.2, 0.25) is 5.91 Å². The van der Waals surface area contributed by atoms with E-state index < -0.39 is 18.1 Å². The Kier molecular flexibility index (Phi) is 6.67. The van der Waals surface area contributed by atoms with Gasteiger partial charge in [-0.15, -0.1) is 0 Å². The quantitative estimate of drug-likeness (QED) is 0.602. The van der Waals surface area contributed by atoms with Gasteiger partial charge >= 0.3 is 12.1 Å². The number of ether oxygens (including phenoxy) is 1. The van der Waals surface area contributed by atoms with Gasteiger partial charge in [0, 0.05) is 12.0 Å². The highest BCUT2D eigenvalue weighted by Gasteiger charge is 2.39. The Bertz CT molecular complexity index is 1000. The number of carboxylic acid groups (broad SMARTS) is 1. The molecule has 4 rings (SSSR count). The minimum absolute atomic E-state index is 0.0653. The Morgan fingerprint density at radius 2 is 1.64 bits per heavy atom. The van der Waals surface area contributed by atoms with E-state index in [1.54, 1.807) is 0 Å². The number of alkyl carbamates (subject to hydrolysis) is 1. The summed E-state index contributed by atoms with van der Waals surface area (Å²) in [6.45, 7) is 3.60. The van der Waals surface area contributed by atoms with Gasteiger partial charge in [-0.3, -0.25) is 9.59 Å². The summed E-state index contributed by atoms with van der Waals surface area (Å²) < 4.78 is 5.61. The van der Waals surface area contributed by atoms with Gasteiger partial charge in [-0.2, -0.15) is 0 Å². The molecular formula is C26H30N2O5. The lowest BCUT2D eigenvalue weighted by Crippen LogP contribution is -2.53. The summed E-state index contributed by atoms with van der Waals surface area (Å²) >= 11 is 0. The van der Waals surface area contributed by atoms with Crippen LogP contribution in [0.2, 0.25) is 0 Å². The Hall–Kier alpha value is -3.35. The van der Waals surface area contributed by atoms with Crippen molar-refractivity contribution in [2.24, 2.45) is 5.92 Å². The zero-order valence-corrected chi connectivity index (χ0v) is 19.0. The number of carbonyl (C=O) groups is 3. The topological polar surface area (TPSA) is 95.9 Å². The molecule has 1 unspecified atom stereocenters. The lowest BCUT2D eigenvalue weighted by atomic mass is 9.97. The van der Waals surface area contributed by atoms with Gasteiger partial charge in [-0.05, 0) is 41.0 Å². The molecule has 7 heteroatoms. The molecule has 2 atom stereocenters. The Morgan fingerprint density at radius 3 is 2.15 bits per heavy atom. The van der Waals surface area contributed by atoms with Crippen LogP contribution in [0.5, 0.6) is 0 Å². The van der Waals surface area contributed by atoms with Crippen LogP contribution in [0, 0.1) is 5.92 Å². The van der Waals surface area contributed by atoms with Crippen molar-refractivity contribution in [1.82, 2.24) is 10.2 Å². The number of hydrogen-bond acceptors (Lipinski definition) is 4. The minimum Gasteiger partial charge on any atom is -0.480 e. The number of nitrogens with one attached hydrogen (secondary N) is 1. The average Bonchev–Trinajstić information content (AvgIpc) is 3.61. The summed E-state index contributed by atoms with van der Waals surface area (Å²) in [5.74, 6) is -1.65. The molecule has 0 spiro atoms. The maximum absolute atomic E-state index is 13.2. The molecule has 1 fully saturated rings. The van der Waals surface area contributed by atoms with E-state index in [4.69, 9.17) is 4.74 Å². The second-order valence-corrected chi connectivity index (χ2v) is 8.92. The molecule has 0 aliphatic heterocycles. The lowest BCUT2D eigenvalue weighted by Gasteiger charge is -2.29. The molecule has 0 radical (unpaired) electrons. The highest BCUT2D eigenvalue weighted by molar-refractivity contribution is 5.89. The molecule has 7 nitrogen and oxygen atoms in total. The van der Waals surface area contributed by atoms with Gasteiger partial charge in [0.1, 0.15) is 19.2 Å². The van der Waals surface area contributed by atoms with Crippen LogP contribution in [-0.2, 0) is 14.3 Å². The third-order valence-electron chi connectivity index (χ3n) is 6.67. The second kappa shape index (κ2) is 9.65. The van der Waals surface area contributed by atoms with E-state index in [0.29, 0.717) is 6.42 Å². The largest absolute Gasteiger partial charge is 0.480 e. The van der Waals surface area contributed by atoms with Crippen molar-refractivity contribution in [3.8, 4) is 11.1 Å². The molecule has 2 aliphatic rings. The molecule has 2 aliphatic carbocycles. The number of rotatable bonds is 9. The number of amides is 2. The van der Waals surface area contributed by atoms with Crippen molar-refractivity contribution in [3.63, 3.8) is 0 Å². The molecule has 2 amide bonds. The van der Waals surface area contributed by atoms with Gasteiger partial charge in [-0.1, -0.05) is 68.8 Å². The fourth-order valence-electron chi connectivity index (χ4n) is 4.55. The smallest absolute Gasteiger partial charge is 0.407 e. The monoisotopic (exact) mass is 450 g/mol. The highest BCUT2D eigenvalue weighted by atomic mass is 16.5. The molecule has 0 heterocycles.